The number of hydrogen-bond acceptors (Lipinski definition) is 4. The molecule has 2 rings (SSSR count). The van der Waals surface area contributed by atoms with Crippen molar-refractivity contribution in [2.45, 2.75) is 6.92 Å². The number of aromatic amines is 1. The van der Waals surface area contributed by atoms with Crippen LogP contribution in [0.3, 0.4) is 0 Å². The van der Waals surface area contributed by atoms with E-state index in [1.165, 1.54) is 17.7 Å². The lowest BCUT2D eigenvalue weighted by Gasteiger charge is -2.07. The summed E-state index contributed by atoms with van der Waals surface area (Å²) >= 11 is 5.81. The Morgan fingerprint density at radius 1 is 1.30 bits per heavy atom. The first-order valence-corrected chi connectivity index (χ1v) is 6.22. The molecule has 7 heteroatoms. The van der Waals surface area contributed by atoms with Gasteiger partial charge < -0.3 is 0 Å². The zero-order chi connectivity index (χ0) is 14.7. The standard InChI is InChI=1S/C13H13ClN4O2/c1-8(9-3-5-10(14)6-4-9)16-17-11-7-12(19)15-13(20)18(11)2/h3-7,17H,1-2H3,(H,15,19,20). The quantitative estimate of drug-likeness (QED) is 0.665. The van der Waals surface area contributed by atoms with Gasteiger partial charge in [-0.25, -0.2) is 4.79 Å². The van der Waals surface area contributed by atoms with Crippen molar-refractivity contribution in [3.8, 4) is 0 Å². The molecule has 1 heterocycles. The second kappa shape index (κ2) is 5.75. The molecule has 0 aliphatic carbocycles. The fourth-order valence-electron chi connectivity index (χ4n) is 1.56. The molecule has 0 spiro atoms. The van der Waals surface area contributed by atoms with Crippen LogP contribution in [0.25, 0.3) is 0 Å². The lowest BCUT2D eigenvalue weighted by molar-refractivity contribution is 0.803. The van der Waals surface area contributed by atoms with Crippen LogP contribution in [0.4, 0.5) is 5.82 Å². The first kappa shape index (κ1) is 14.1. The van der Waals surface area contributed by atoms with E-state index in [-0.39, 0.29) is 0 Å². The fraction of sp³-hybridized carbons (Fsp3) is 0.154. The minimum atomic E-state index is -0.501. The van der Waals surface area contributed by atoms with E-state index in [4.69, 9.17) is 11.6 Å². The van der Waals surface area contributed by atoms with Crippen molar-refractivity contribution in [2.24, 2.45) is 12.1 Å². The van der Waals surface area contributed by atoms with Crippen molar-refractivity contribution in [1.29, 1.82) is 0 Å². The van der Waals surface area contributed by atoms with Crippen molar-refractivity contribution in [1.82, 2.24) is 9.55 Å². The molecular formula is C13H13ClN4O2. The van der Waals surface area contributed by atoms with E-state index in [1.807, 2.05) is 19.1 Å². The number of hydrogen-bond donors (Lipinski definition) is 2. The molecule has 0 aliphatic rings. The van der Waals surface area contributed by atoms with E-state index in [2.05, 4.69) is 15.5 Å². The maximum absolute atomic E-state index is 11.4. The number of hydrazone groups is 1. The van der Waals surface area contributed by atoms with Crippen LogP contribution in [0, 0.1) is 0 Å². The Hall–Kier alpha value is -2.34. The monoisotopic (exact) mass is 292 g/mol. The zero-order valence-electron chi connectivity index (χ0n) is 11.0. The van der Waals surface area contributed by atoms with Crippen LogP contribution in [0.5, 0.6) is 0 Å². The first-order valence-electron chi connectivity index (χ1n) is 5.84. The number of halogens is 1. The van der Waals surface area contributed by atoms with Crippen LogP contribution in [0.15, 0.2) is 45.0 Å². The molecule has 1 aromatic carbocycles. The number of H-pyrrole nitrogens is 1. The van der Waals surface area contributed by atoms with Gasteiger partial charge in [0.15, 0.2) is 0 Å². The summed E-state index contributed by atoms with van der Waals surface area (Å²) in [6.07, 6.45) is 0. The summed E-state index contributed by atoms with van der Waals surface area (Å²) < 4.78 is 1.26. The Kier molecular flexibility index (Phi) is 4.05. The largest absolute Gasteiger partial charge is 0.329 e. The van der Waals surface area contributed by atoms with E-state index < -0.39 is 11.2 Å². The molecule has 1 aromatic heterocycles. The molecule has 0 atom stereocenters. The van der Waals surface area contributed by atoms with Crippen LogP contribution in [-0.2, 0) is 7.05 Å². The van der Waals surface area contributed by atoms with Crippen LogP contribution in [0.2, 0.25) is 5.02 Å². The summed E-state index contributed by atoms with van der Waals surface area (Å²) in [5.41, 5.74) is 3.32. The molecule has 2 N–H and O–H groups in total. The highest BCUT2D eigenvalue weighted by Gasteiger charge is 2.02. The van der Waals surface area contributed by atoms with Crippen molar-refractivity contribution in [3.05, 3.63) is 61.8 Å². The Balaban J connectivity index is 2.27. The molecule has 0 radical (unpaired) electrons. The van der Waals surface area contributed by atoms with E-state index in [9.17, 15) is 9.59 Å². The Labute approximate surface area is 119 Å². The van der Waals surface area contributed by atoms with Crippen LogP contribution in [-0.4, -0.2) is 15.3 Å². The fourth-order valence-corrected chi connectivity index (χ4v) is 1.69. The lowest BCUT2D eigenvalue weighted by Crippen LogP contribution is -2.29. The van der Waals surface area contributed by atoms with Gasteiger partial charge in [-0.2, -0.15) is 5.10 Å². The van der Waals surface area contributed by atoms with E-state index in [1.54, 1.807) is 12.1 Å². The molecular weight excluding hydrogens is 280 g/mol. The van der Waals surface area contributed by atoms with Gasteiger partial charge in [0.05, 0.1) is 5.71 Å². The number of rotatable bonds is 3. The molecule has 0 saturated carbocycles. The number of nitrogens with zero attached hydrogens (tertiary/aromatic N) is 2. The average molecular weight is 293 g/mol. The third-order valence-electron chi connectivity index (χ3n) is 2.76. The highest BCUT2D eigenvalue weighted by Crippen LogP contribution is 2.10. The van der Waals surface area contributed by atoms with Crippen LogP contribution >= 0.6 is 11.6 Å². The lowest BCUT2D eigenvalue weighted by atomic mass is 10.1. The summed E-state index contributed by atoms with van der Waals surface area (Å²) in [5, 5.41) is 4.79. The molecule has 20 heavy (non-hydrogen) atoms. The number of nitrogens with one attached hydrogen (secondary N) is 2. The van der Waals surface area contributed by atoms with Crippen LogP contribution < -0.4 is 16.7 Å². The van der Waals surface area contributed by atoms with Crippen molar-refractivity contribution >= 4 is 23.1 Å². The van der Waals surface area contributed by atoms with Gasteiger partial charge in [-0.1, -0.05) is 23.7 Å². The molecule has 104 valence electrons. The van der Waals surface area contributed by atoms with Gasteiger partial charge in [-0.3, -0.25) is 19.8 Å². The molecule has 0 fully saturated rings. The Bertz CT molecular complexity index is 759. The molecule has 0 amide bonds. The minimum Gasteiger partial charge on any atom is -0.282 e. The summed E-state index contributed by atoms with van der Waals surface area (Å²) in [5.74, 6) is 0.312. The smallest absolute Gasteiger partial charge is 0.282 e. The van der Waals surface area contributed by atoms with Crippen molar-refractivity contribution in [3.63, 3.8) is 0 Å². The van der Waals surface area contributed by atoms with Gasteiger partial charge in [-0.15, -0.1) is 0 Å². The molecule has 0 unspecified atom stereocenters. The molecule has 6 nitrogen and oxygen atoms in total. The first-order chi connectivity index (χ1) is 9.47. The molecule has 0 bridgehead atoms. The highest BCUT2D eigenvalue weighted by atomic mass is 35.5. The Morgan fingerprint density at radius 3 is 2.60 bits per heavy atom. The van der Waals surface area contributed by atoms with Crippen molar-refractivity contribution in [2.75, 3.05) is 5.43 Å². The summed E-state index contributed by atoms with van der Waals surface area (Å²) in [4.78, 5) is 24.8. The maximum atomic E-state index is 11.4. The highest BCUT2D eigenvalue weighted by molar-refractivity contribution is 6.30. The second-order valence-corrected chi connectivity index (χ2v) is 4.64. The summed E-state index contributed by atoms with van der Waals surface area (Å²) in [7, 11) is 1.54. The topological polar surface area (TPSA) is 79.2 Å². The van der Waals surface area contributed by atoms with Gasteiger partial charge in [0, 0.05) is 18.1 Å². The van der Waals surface area contributed by atoms with Crippen LogP contribution in [0.1, 0.15) is 12.5 Å². The normalized spacial score (nSPS) is 11.4. The second-order valence-electron chi connectivity index (χ2n) is 4.20. The van der Waals surface area contributed by atoms with E-state index in [0.717, 1.165) is 5.56 Å². The summed E-state index contributed by atoms with van der Waals surface area (Å²) in [6.45, 7) is 1.81. The van der Waals surface area contributed by atoms with Gasteiger partial charge >= 0.3 is 5.69 Å². The summed E-state index contributed by atoms with van der Waals surface area (Å²) in [6, 6.07) is 8.46. The van der Waals surface area contributed by atoms with Gasteiger partial charge in [0.25, 0.3) is 5.56 Å². The van der Waals surface area contributed by atoms with E-state index >= 15 is 0 Å². The van der Waals surface area contributed by atoms with E-state index in [0.29, 0.717) is 16.6 Å². The van der Waals surface area contributed by atoms with Gasteiger partial charge in [0.2, 0.25) is 0 Å². The third kappa shape index (κ3) is 3.16. The minimum absolute atomic E-state index is 0.312. The average Bonchev–Trinajstić information content (AvgIpc) is 2.41. The predicted molar refractivity (Wildman–Crippen MR) is 79.6 cm³/mol. The zero-order valence-corrected chi connectivity index (χ0v) is 11.7. The molecule has 2 aromatic rings. The van der Waals surface area contributed by atoms with Crippen molar-refractivity contribution < 1.29 is 0 Å². The van der Waals surface area contributed by atoms with Gasteiger partial charge in [0.1, 0.15) is 5.82 Å². The number of anilines is 1. The number of benzene rings is 1. The maximum Gasteiger partial charge on any atom is 0.329 e. The Morgan fingerprint density at radius 2 is 1.95 bits per heavy atom. The molecule has 0 saturated heterocycles. The third-order valence-corrected chi connectivity index (χ3v) is 3.02. The predicted octanol–water partition coefficient (Wildman–Crippen LogP) is 1.56. The SMILES string of the molecule is CC(=NNc1cc(=O)[nH]c(=O)n1C)c1ccc(Cl)cc1. The number of aromatic nitrogens is 2. The molecule has 0 aliphatic heterocycles. The van der Waals surface area contributed by atoms with Gasteiger partial charge in [-0.05, 0) is 24.6 Å².